The SMILES string of the molecule is CC1CC2C3C(c4ccccc4)C(Cl)CC3C(C)(C)C2C1. The largest absolute Gasteiger partial charge is 0.122 e. The Morgan fingerprint density at radius 2 is 1.71 bits per heavy atom. The summed E-state index contributed by atoms with van der Waals surface area (Å²) in [6, 6.07) is 11.1. The van der Waals surface area contributed by atoms with E-state index in [1.807, 2.05) is 0 Å². The van der Waals surface area contributed by atoms with Crippen LogP contribution in [-0.4, -0.2) is 5.38 Å². The number of benzene rings is 1. The van der Waals surface area contributed by atoms with Gasteiger partial charge in [0, 0.05) is 11.3 Å². The molecule has 0 spiro atoms. The third-order valence-electron chi connectivity index (χ3n) is 7.19. The standard InChI is InChI=1S/C20H27Cl/c1-12-9-14-15(10-12)20(2,3)16-11-17(21)18(19(14)16)13-7-5-4-6-8-13/h4-8,12,14-19H,9-11H2,1-3H3. The first-order chi connectivity index (χ1) is 10.00. The van der Waals surface area contributed by atoms with E-state index in [9.17, 15) is 0 Å². The zero-order valence-corrected chi connectivity index (χ0v) is 14.2. The number of halogens is 1. The highest BCUT2D eigenvalue weighted by molar-refractivity contribution is 6.21. The lowest BCUT2D eigenvalue weighted by Gasteiger charge is -2.32. The highest BCUT2D eigenvalue weighted by atomic mass is 35.5. The van der Waals surface area contributed by atoms with Crippen molar-refractivity contribution in [2.45, 2.75) is 51.3 Å². The number of rotatable bonds is 1. The first-order valence-corrected chi connectivity index (χ1v) is 9.12. The van der Waals surface area contributed by atoms with Crippen LogP contribution >= 0.6 is 11.6 Å². The van der Waals surface area contributed by atoms with E-state index in [-0.39, 0.29) is 0 Å². The molecular formula is C20H27Cl. The maximum atomic E-state index is 6.87. The van der Waals surface area contributed by atoms with Crippen LogP contribution in [0.4, 0.5) is 0 Å². The quantitative estimate of drug-likeness (QED) is 0.582. The summed E-state index contributed by atoms with van der Waals surface area (Å²) >= 11 is 6.87. The Balaban J connectivity index is 1.75. The van der Waals surface area contributed by atoms with Crippen molar-refractivity contribution in [2.75, 3.05) is 0 Å². The predicted octanol–water partition coefficient (Wildman–Crippen LogP) is 5.72. The van der Waals surface area contributed by atoms with Gasteiger partial charge >= 0.3 is 0 Å². The van der Waals surface area contributed by atoms with E-state index in [0.717, 1.165) is 29.6 Å². The van der Waals surface area contributed by atoms with E-state index < -0.39 is 0 Å². The molecule has 7 unspecified atom stereocenters. The van der Waals surface area contributed by atoms with E-state index in [0.29, 0.717) is 16.7 Å². The summed E-state index contributed by atoms with van der Waals surface area (Å²) in [6.07, 6.45) is 4.10. The van der Waals surface area contributed by atoms with Crippen molar-refractivity contribution in [3.63, 3.8) is 0 Å². The molecule has 0 radical (unpaired) electrons. The zero-order valence-electron chi connectivity index (χ0n) is 13.4. The molecule has 0 N–H and O–H groups in total. The average molecular weight is 303 g/mol. The van der Waals surface area contributed by atoms with Crippen LogP contribution in [0, 0.1) is 35.0 Å². The van der Waals surface area contributed by atoms with Crippen LogP contribution in [0.5, 0.6) is 0 Å². The van der Waals surface area contributed by atoms with Crippen molar-refractivity contribution in [3.05, 3.63) is 35.9 Å². The van der Waals surface area contributed by atoms with Crippen LogP contribution in [0.15, 0.2) is 30.3 Å². The first kappa shape index (κ1) is 14.1. The summed E-state index contributed by atoms with van der Waals surface area (Å²) in [7, 11) is 0. The molecule has 0 aliphatic heterocycles. The number of hydrogen-bond donors (Lipinski definition) is 0. The molecular weight excluding hydrogens is 276 g/mol. The van der Waals surface area contributed by atoms with Crippen molar-refractivity contribution in [3.8, 4) is 0 Å². The van der Waals surface area contributed by atoms with Gasteiger partial charge in [0.2, 0.25) is 0 Å². The van der Waals surface area contributed by atoms with Gasteiger partial charge in [-0.05, 0) is 59.8 Å². The van der Waals surface area contributed by atoms with E-state index >= 15 is 0 Å². The minimum Gasteiger partial charge on any atom is -0.122 e. The third kappa shape index (κ3) is 1.94. The van der Waals surface area contributed by atoms with Gasteiger partial charge in [-0.2, -0.15) is 0 Å². The van der Waals surface area contributed by atoms with Gasteiger partial charge in [-0.25, -0.2) is 0 Å². The van der Waals surface area contributed by atoms with E-state index in [2.05, 4.69) is 51.1 Å². The minimum absolute atomic E-state index is 0.332. The van der Waals surface area contributed by atoms with Crippen LogP contribution in [0.3, 0.4) is 0 Å². The van der Waals surface area contributed by atoms with Crippen LogP contribution < -0.4 is 0 Å². The monoisotopic (exact) mass is 302 g/mol. The van der Waals surface area contributed by atoms with Gasteiger partial charge in [-0.15, -0.1) is 11.6 Å². The maximum absolute atomic E-state index is 6.87. The second kappa shape index (κ2) is 4.75. The molecule has 3 aliphatic rings. The van der Waals surface area contributed by atoms with Crippen LogP contribution in [0.1, 0.15) is 51.5 Å². The molecule has 0 bridgehead atoms. The molecule has 3 fully saturated rings. The van der Waals surface area contributed by atoms with Gasteiger partial charge in [-0.3, -0.25) is 0 Å². The molecule has 0 aromatic heterocycles. The van der Waals surface area contributed by atoms with Gasteiger partial charge in [-0.1, -0.05) is 51.1 Å². The van der Waals surface area contributed by atoms with Crippen molar-refractivity contribution < 1.29 is 0 Å². The van der Waals surface area contributed by atoms with Gasteiger partial charge < -0.3 is 0 Å². The predicted molar refractivity (Wildman–Crippen MR) is 89.6 cm³/mol. The molecule has 0 saturated heterocycles. The molecule has 114 valence electrons. The molecule has 1 aromatic rings. The molecule has 0 nitrogen and oxygen atoms in total. The Hall–Kier alpha value is -0.490. The molecule has 1 heteroatoms. The summed E-state index contributed by atoms with van der Waals surface area (Å²) < 4.78 is 0. The summed E-state index contributed by atoms with van der Waals surface area (Å²) in [6.45, 7) is 7.52. The molecule has 3 aliphatic carbocycles. The van der Waals surface area contributed by atoms with Crippen molar-refractivity contribution in [2.24, 2.45) is 35.0 Å². The normalized spacial score (nSPS) is 47.3. The average Bonchev–Trinajstić information content (AvgIpc) is 3.05. The second-order valence-corrected chi connectivity index (χ2v) is 9.10. The molecule has 21 heavy (non-hydrogen) atoms. The van der Waals surface area contributed by atoms with Gasteiger partial charge in [0.1, 0.15) is 0 Å². The molecule has 0 amide bonds. The maximum Gasteiger partial charge on any atom is 0.0410 e. The van der Waals surface area contributed by atoms with Gasteiger partial charge in [0.15, 0.2) is 0 Å². The zero-order chi connectivity index (χ0) is 14.8. The number of alkyl halides is 1. The fourth-order valence-electron chi connectivity index (χ4n) is 6.40. The highest BCUT2D eigenvalue weighted by Gasteiger charge is 2.63. The summed E-state index contributed by atoms with van der Waals surface area (Å²) in [4.78, 5) is 0. The summed E-state index contributed by atoms with van der Waals surface area (Å²) in [5.74, 6) is 4.97. The molecule has 7 atom stereocenters. The Labute approximate surface area is 134 Å². The second-order valence-electron chi connectivity index (χ2n) is 8.54. The Kier molecular flexibility index (Phi) is 3.20. The summed E-state index contributed by atoms with van der Waals surface area (Å²) in [5, 5.41) is 0.332. The summed E-state index contributed by atoms with van der Waals surface area (Å²) in [5.41, 5.74) is 1.97. The lowest BCUT2D eigenvalue weighted by molar-refractivity contribution is 0.167. The minimum atomic E-state index is 0.332. The van der Waals surface area contributed by atoms with Crippen LogP contribution in [0.2, 0.25) is 0 Å². The number of fused-ring (bicyclic) bond motifs is 3. The third-order valence-corrected chi connectivity index (χ3v) is 7.64. The van der Waals surface area contributed by atoms with Gasteiger partial charge in [0.25, 0.3) is 0 Å². The van der Waals surface area contributed by atoms with Crippen molar-refractivity contribution in [1.82, 2.24) is 0 Å². The Bertz CT molecular complexity index is 520. The van der Waals surface area contributed by atoms with Crippen LogP contribution in [0.25, 0.3) is 0 Å². The highest BCUT2D eigenvalue weighted by Crippen LogP contribution is 2.69. The van der Waals surface area contributed by atoms with Gasteiger partial charge in [0.05, 0.1) is 0 Å². The molecule has 4 rings (SSSR count). The lowest BCUT2D eigenvalue weighted by Crippen LogP contribution is -2.26. The first-order valence-electron chi connectivity index (χ1n) is 8.69. The lowest BCUT2D eigenvalue weighted by atomic mass is 9.73. The molecule has 0 heterocycles. The number of hydrogen-bond acceptors (Lipinski definition) is 0. The molecule has 3 saturated carbocycles. The molecule has 1 aromatic carbocycles. The van der Waals surface area contributed by atoms with E-state index in [4.69, 9.17) is 11.6 Å². The van der Waals surface area contributed by atoms with E-state index in [1.165, 1.54) is 24.8 Å². The van der Waals surface area contributed by atoms with E-state index in [1.54, 1.807) is 0 Å². The smallest absolute Gasteiger partial charge is 0.0410 e. The van der Waals surface area contributed by atoms with Crippen molar-refractivity contribution in [1.29, 1.82) is 0 Å². The van der Waals surface area contributed by atoms with Crippen molar-refractivity contribution >= 4 is 11.6 Å². The fraction of sp³-hybridized carbons (Fsp3) is 0.700. The Morgan fingerprint density at radius 3 is 2.43 bits per heavy atom. The Morgan fingerprint density at radius 1 is 1.00 bits per heavy atom. The van der Waals surface area contributed by atoms with Crippen LogP contribution in [-0.2, 0) is 0 Å². The fourth-order valence-corrected chi connectivity index (χ4v) is 6.90. The topological polar surface area (TPSA) is 0 Å².